The van der Waals surface area contributed by atoms with Crippen molar-refractivity contribution in [2.75, 3.05) is 29.0 Å². The third-order valence-corrected chi connectivity index (χ3v) is 4.36. The molecular formula is C15H15BF3N7O2. The molecule has 0 aromatic carbocycles. The minimum Gasteiger partial charge on any atom is -0.382 e. The smallest absolute Gasteiger partial charge is 0.382 e. The van der Waals surface area contributed by atoms with Crippen LogP contribution in [-0.4, -0.2) is 53.0 Å². The number of nitrogens with zero attached hydrogens (tertiary/aromatic N) is 4. The molecule has 0 aliphatic carbocycles. The second-order valence-electron chi connectivity index (χ2n) is 6.23. The summed E-state index contributed by atoms with van der Waals surface area (Å²) in [7, 11) is 5.50. The topological polar surface area (TPSA) is 130 Å². The van der Waals surface area contributed by atoms with Crippen LogP contribution in [0.5, 0.6) is 0 Å². The first-order chi connectivity index (χ1) is 13.1. The number of carbonyl (C=O) groups is 1. The van der Waals surface area contributed by atoms with Crippen molar-refractivity contribution in [1.82, 2.24) is 19.9 Å². The zero-order chi connectivity index (χ0) is 20.5. The van der Waals surface area contributed by atoms with E-state index in [-0.39, 0.29) is 54.5 Å². The second kappa shape index (κ2) is 7.48. The van der Waals surface area contributed by atoms with Crippen molar-refractivity contribution >= 4 is 36.7 Å². The molecule has 1 amide bonds. The number of carbonyl (C=O) groups excluding carboxylic acids is 1. The third-order valence-electron chi connectivity index (χ3n) is 4.36. The normalized spacial score (nSPS) is 15.5. The largest absolute Gasteiger partial charge is 0.391 e. The van der Waals surface area contributed by atoms with E-state index in [1.165, 1.54) is 12.4 Å². The zero-order valence-electron chi connectivity index (χ0n) is 14.5. The lowest BCUT2D eigenvalue weighted by atomic mass is 9.96. The number of hydrogen-bond donors (Lipinski definition) is 3. The minimum atomic E-state index is -4.25. The Morgan fingerprint density at radius 3 is 2.61 bits per heavy atom. The highest BCUT2D eigenvalue weighted by Crippen LogP contribution is 2.36. The van der Waals surface area contributed by atoms with Crippen LogP contribution in [0.25, 0.3) is 0 Å². The Balaban J connectivity index is 1.83. The molecular weight excluding hydrogens is 378 g/mol. The number of aromatic amines is 1. The molecule has 2 aromatic heterocycles. The summed E-state index contributed by atoms with van der Waals surface area (Å²) in [5, 5.41) is 2.44. The summed E-state index contributed by atoms with van der Waals surface area (Å²) in [4.78, 5) is 39.1. The second-order valence-corrected chi connectivity index (χ2v) is 6.23. The standard InChI is InChI=1S/C15H15BF3N7O2/c16-9-6-21-11(20)10(23-9)13(27)24-12-8(5-22-14(28)25-12)26-3-1-7(2-4-26)15(17,18)19/h5-7H,1-4H2,(H2,20,21)(H2,22,24,25,27,28). The van der Waals surface area contributed by atoms with Crippen LogP contribution < -0.4 is 27.2 Å². The number of nitrogens with one attached hydrogen (secondary N) is 2. The van der Waals surface area contributed by atoms with Crippen molar-refractivity contribution in [3.05, 3.63) is 28.6 Å². The number of amides is 1. The summed E-state index contributed by atoms with van der Waals surface area (Å²) in [5.74, 6) is -2.37. The average molecular weight is 393 g/mol. The molecule has 3 heterocycles. The van der Waals surface area contributed by atoms with Crippen molar-refractivity contribution in [2.24, 2.45) is 5.92 Å². The van der Waals surface area contributed by atoms with Gasteiger partial charge in [0.1, 0.15) is 13.7 Å². The highest BCUT2D eigenvalue weighted by molar-refractivity contribution is 6.30. The van der Waals surface area contributed by atoms with Gasteiger partial charge < -0.3 is 16.0 Å². The fourth-order valence-corrected chi connectivity index (χ4v) is 2.92. The lowest BCUT2D eigenvalue weighted by Crippen LogP contribution is -2.40. The summed E-state index contributed by atoms with van der Waals surface area (Å²) in [6.45, 7) is 0.169. The predicted octanol–water partition coefficient (Wildman–Crippen LogP) is -0.0331. The van der Waals surface area contributed by atoms with Crippen LogP contribution in [0.1, 0.15) is 23.3 Å². The number of alkyl halides is 3. The summed E-state index contributed by atoms with van der Waals surface area (Å²) in [6, 6.07) is 0. The molecule has 2 aromatic rings. The molecule has 1 aliphatic heterocycles. The van der Waals surface area contributed by atoms with E-state index in [1.807, 2.05) is 0 Å². The quantitative estimate of drug-likeness (QED) is 0.625. The Labute approximate surface area is 158 Å². The highest BCUT2D eigenvalue weighted by atomic mass is 19.4. The van der Waals surface area contributed by atoms with Gasteiger partial charge in [0.2, 0.25) is 0 Å². The maximum absolute atomic E-state index is 12.9. The Bertz CT molecular complexity index is 942. The van der Waals surface area contributed by atoms with Crippen LogP contribution in [0, 0.1) is 5.92 Å². The number of halogens is 3. The number of nitrogen functional groups attached to an aromatic ring is 1. The van der Waals surface area contributed by atoms with E-state index in [1.54, 1.807) is 4.90 Å². The van der Waals surface area contributed by atoms with E-state index in [4.69, 9.17) is 13.6 Å². The number of piperidine rings is 1. The van der Waals surface area contributed by atoms with Gasteiger partial charge in [-0.3, -0.25) is 14.8 Å². The molecule has 4 N–H and O–H groups in total. The first kappa shape index (κ1) is 19.6. The Morgan fingerprint density at radius 2 is 1.96 bits per heavy atom. The lowest BCUT2D eigenvalue weighted by molar-refractivity contribution is -0.179. The molecule has 28 heavy (non-hydrogen) atoms. The van der Waals surface area contributed by atoms with E-state index in [2.05, 4.69) is 25.3 Å². The van der Waals surface area contributed by atoms with Crippen LogP contribution in [0.15, 0.2) is 17.2 Å². The van der Waals surface area contributed by atoms with Crippen LogP contribution in [0.3, 0.4) is 0 Å². The van der Waals surface area contributed by atoms with Gasteiger partial charge in [-0.15, -0.1) is 0 Å². The molecule has 0 unspecified atom stereocenters. The highest BCUT2D eigenvalue weighted by Gasteiger charge is 2.41. The fourth-order valence-electron chi connectivity index (χ4n) is 2.92. The molecule has 1 saturated heterocycles. The molecule has 0 saturated carbocycles. The zero-order valence-corrected chi connectivity index (χ0v) is 14.5. The molecule has 146 valence electrons. The Hall–Kier alpha value is -3.12. The number of aromatic nitrogens is 4. The monoisotopic (exact) mass is 393 g/mol. The van der Waals surface area contributed by atoms with Crippen LogP contribution >= 0.6 is 0 Å². The molecule has 2 radical (unpaired) electrons. The average Bonchev–Trinajstić information content (AvgIpc) is 2.63. The molecule has 3 rings (SSSR count). The number of hydrogen-bond acceptors (Lipinski definition) is 7. The van der Waals surface area contributed by atoms with Crippen molar-refractivity contribution in [2.45, 2.75) is 19.0 Å². The van der Waals surface area contributed by atoms with E-state index < -0.39 is 23.7 Å². The SMILES string of the molecule is [B]c1cnc(N)c(C(=O)Nc2[nH]c(=O)ncc2N2CCC(C(F)(F)F)CC2)n1. The summed E-state index contributed by atoms with van der Waals surface area (Å²) < 4.78 is 38.6. The van der Waals surface area contributed by atoms with Crippen molar-refractivity contribution in [1.29, 1.82) is 0 Å². The maximum atomic E-state index is 12.9. The van der Waals surface area contributed by atoms with Crippen molar-refractivity contribution in [3.63, 3.8) is 0 Å². The number of rotatable bonds is 3. The van der Waals surface area contributed by atoms with Gasteiger partial charge in [0.05, 0.1) is 17.8 Å². The molecule has 1 fully saturated rings. The first-order valence-corrected chi connectivity index (χ1v) is 8.25. The molecule has 1 aliphatic rings. The van der Waals surface area contributed by atoms with E-state index in [9.17, 15) is 22.8 Å². The fraction of sp³-hybridized carbons (Fsp3) is 0.400. The molecule has 0 spiro atoms. The number of anilines is 3. The number of nitrogens with two attached hydrogens (primary N) is 1. The van der Waals surface area contributed by atoms with Gasteiger partial charge in [-0.1, -0.05) is 0 Å². The van der Waals surface area contributed by atoms with E-state index in [0.29, 0.717) is 0 Å². The van der Waals surface area contributed by atoms with Gasteiger partial charge in [0.25, 0.3) is 5.91 Å². The summed E-state index contributed by atoms with van der Waals surface area (Å²) in [5.41, 5.74) is 4.88. The first-order valence-electron chi connectivity index (χ1n) is 8.25. The molecule has 9 nitrogen and oxygen atoms in total. The summed E-state index contributed by atoms with van der Waals surface area (Å²) in [6.07, 6.45) is -2.10. The van der Waals surface area contributed by atoms with Crippen LogP contribution in [0.4, 0.5) is 30.5 Å². The van der Waals surface area contributed by atoms with Crippen molar-refractivity contribution < 1.29 is 18.0 Å². The van der Waals surface area contributed by atoms with Gasteiger partial charge in [-0.25, -0.2) is 9.78 Å². The van der Waals surface area contributed by atoms with E-state index in [0.717, 1.165) is 0 Å². The van der Waals surface area contributed by atoms with Gasteiger partial charge >= 0.3 is 11.9 Å². The summed E-state index contributed by atoms with van der Waals surface area (Å²) >= 11 is 0. The molecule has 0 atom stereocenters. The van der Waals surface area contributed by atoms with Crippen LogP contribution in [-0.2, 0) is 0 Å². The Kier molecular flexibility index (Phi) is 5.25. The number of H-pyrrole nitrogens is 1. The predicted molar refractivity (Wildman–Crippen MR) is 95.6 cm³/mol. The molecule has 0 bridgehead atoms. The molecule has 13 heteroatoms. The van der Waals surface area contributed by atoms with Gasteiger partial charge in [-0.05, 0) is 12.8 Å². The minimum absolute atomic E-state index is 0.0286. The van der Waals surface area contributed by atoms with Crippen molar-refractivity contribution in [3.8, 4) is 0 Å². The van der Waals surface area contributed by atoms with Gasteiger partial charge in [-0.2, -0.15) is 18.2 Å². The van der Waals surface area contributed by atoms with Gasteiger partial charge in [0, 0.05) is 24.9 Å². The van der Waals surface area contributed by atoms with Crippen LogP contribution in [0.2, 0.25) is 0 Å². The maximum Gasteiger partial charge on any atom is 0.391 e. The Morgan fingerprint density at radius 1 is 1.29 bits per heavy atom. The van der Waals surface area contributed by atoms with E-state index >= 15 is 0 Å². The lowest BCUT2D eigenvalue weighted by Gasteiger charge is -2.34. The third kappa shape index (κ3) is 4.23. The van der Waals surface area contributed by atoms with Gasteiger partial charge in [0.15, 0.2) is 11.5 Å².